The smallest absolute Gasteiger partial charge is 0.111 e. The fraction of sp³-hybridized carbons (Fsp3) is 0.200. The third-order valence-electron chi connectivity index (χ3n) is 1.80. The lowest BCUT2D eigenvalue weighted by molar-refractivity contribution is 0.294. The van der Waals surface area contributed by atoms with Gasteiger partial charge in [0.15, 0.2) is 0 Å². The molecule has 0 aliphatic rings. The Morgan fingerprint density at radius 3 is 2.81 bits per heavy atom. The van der Waals surface area contributed by atoms with Crippen LogP contribution in [-0.4, -0.2) is 17.1 Å². The summed E-state index contributed by atoms with van der Waals surface area (Å²) >= 11 is 0. The third-order valence-corrected chi connectivity index (χ3v) is 3.14. The van der Waals surface area contributed by atoms with Crippen LogP contribution in [0.3, 0.4) is 0 Å². The van der Waals surface area contributed by atoms with Gasteiger partial charge in [-0.05, 0) is 17.7 Å². The highest BCUT2D eigenvalue weighted by atomic mass is 32.2. The Hall–Kier alpha value is -1.78. The second-order valence-corrected chi connectivity index (χ2v) is 4.26. The molecule has 0 amide bonds. The van der Waals surface area contributed by atoms with E-state index >= 15 is 0 Å². The Kier molecular flexibility index (Phi) is 5.11. The minimum atomic E-state index is -1.19. The zero-order chi connectivity index (χ0) is 11.8. The van der Waals surface area contributed by atoms with Gasteiger partial charge in [0.1, 0.15) is 5.76 Å². The van der Waals surface area contributed by atoms with Crippen LogP contribution >= 0.6 is 0 Å². The van der Waals surface area contributed by atoms with Crippen LogP contribution in [0.5, 0.6) is 0 Å². The van der Waals surface area contributed by atoms with Crippen molar-refractivity contribution in [1.82, 2.24) is 0 Å². The van der Waals surface area contributed by atoms with Crippen molar-refractivity contribution in [1.29, 1.82) is 0 Å². The van der Waals surface area contributed by atoms with Crippen molar-refractivity contribution in [2.75, 3.05) is 12.9 Å². The van der Waals surface area contributed by atoms with Crippen LogP contribution in [0, 0.1) is 0 Å². The van der Waals surface area contributed by atoms with E-state index in [0.29, 0.717) is 10.7 Å². The molecule has 1 aromatic rings. The van der Waals surface area contributed by atoms with Gasteiger partial charge < -0.3 is 4.74 Å². The van der Waals surface area contributed by atoms with Crippen molar-refractivity contribution in [2.24, 2.45) is 5.11 Å². The number of benzene rings is 1. The van der Waals surface area contributed by atoms with Crippen molar-refractivity contribution in [2.45, 2.75) is 4.90 Å². The van der Waals surface area contributed by atoms with E-state index in [4.69, 9.17) is 10.3 Å². The number of ether oxygens (including phenoxy) is 1. The first kappa shape index (κ1) is 12.3. The molecule has 0 aliphatic carbocycles. The van der Waals surface area contributed by atoms with Crippen LogP contribution in [0.15, 0.2) is 52.3 Å². The first-order valence-corrected chi connectivity index (χ1v) is 5.80. The van der Waals surface area contributed by atoms with Gasteiger partial charge in [0.05, 0.1) is 23.7 Å². The zero-order valence-corrected chi connectivity index (χ0v) is 9.55. The minimum absolute atomic E-state index is 0.194. The maximum atomic E-state index is 11.8. The number of methoxy groups -OCH3 is 1. The highest BCUT2D eigenvalue weighted by Gasteiger charge is 2.06. The lowest BCUT2D eigenvalue weighted by Gasteiger charge is -2.04. The first-order chi connectivity index (χ1) is 7.77. The Morgan fingerprint density at radius 1 is 1.56 bits per heavy atom. The van der Waals surface area contributed by atoms with Gasteiger partial charge in [-0.25, -0.2) is 0 Å². The maximum absolute atomic E-state index is 11.8. The second kappa shape index (κ2) is 6.66. The fourth-order valence-electron chi connectivity index (χ4n) is 1.02. The molecule has 0 bridgehead atoms. The van der Waals surface area contributed by atoms with Crippen LogP contribution in [-0.2, 0) is 15.5 Å². The topological polar surface area (TPSA) is 75.1 Å². The van der Waals surface area contributed by atoms with Crippen LogP contribution in [0.1, 0.15) is 0 Å². The molecule has 1 unspecified atom stereocenters. The van der Waals surface area contributed by atoms with Gasteiger partial charge in [-0.15, -0.1) is 0 Å². The van der Waals surface area contributed by atoms with E-state index in [2.05, 4.69) is 10.0 Å². The highest BCUT2D eigenvalue weighted by Crippen LogP contribution is 2.09. The van der Waals surface area contributed by atoms with Crippen molar-refractivity contribution < 1.29 is 8.95 Å². The Morgan fingerprint density at radius 2 is 2.25 bits per heavy atom. The summed E-state index contributed by atoms with van der Waals surface area (Å²) in [6, 6.07) is 9.04. The molecular weight excluding hydrogens is 226 g/mol. The maximum Gasteiger partial charge on any atom is 0.111 e. The molecule has 1 aromatic carbocycles. The monoisotopic (exact) mass is 237 g/mol. The zero-order valence-electron chi connectivity index (χ0n) is 8.74. The summed E-state index contributed by atoms with van der Waals surface area (Å²) in [5.74, 6) is 0.583. The summed E-state index contributed by atoms with van der Waals surface area (Å²) in [4.78, 5) is 3.29. The molecular formula is C10H11N3O2S. The van der Waals surface area contributed by atoms with Gasteiger partial charge in [0.25, 0.3) is 0 Å². The molecule has 0 saturated heterocycles. The molecule has 0 N–H and O–H groups in total. The van der Waals surface area contributed by atoms with Crippen molar-refractivity contribution >= 4 is 10.8 Å². The van der Waals surface area contributed by atoms with Gasteiger partial charge in [-0.3, -0.25) is 4.21 Å². The van der Waals surface area contributed by atoms with Gasteiger partial charge in [-0.1, -0.05) is 23.3 Å². The molecule has 1 atom stereocenters. The van der Waals surface area contributed by atoms with Crippen molar-refractivity contribution in [3.8, 4) is 0 Å². The van der Waals surface area contributed by atoms with Gasteiger partial charge in [0.2, 0.25) is 0 Å². The van der Waals surface area contributed by atoms with Crippen LogP contribution in [0.25, 0.3) is 10.4 Å². The molecule has 6 heteroatoms. The average molecular weight is 237 g/mol. The van der Waals surface area contributed by atoms with E-state index in [1.807, 2.05) is 18.2 Å². The van der Waals surface area contributed by atoms with Crippen molar-refractivity contribution in [3.05, 3.63) is 52.7 Å². The molecule has 0 heterocycles. The third kappa shape index (κ3) is 3.76. The van der Waals surface area contributed by atoms with E-state index < -0.39 is 10.8 Å². The molecule has 16 heavy (non-hydrogen) atoms. The lowest BCUT2D eigenvalue weighted by Crippen LogP contribution is -2.02. The highest BCUT2D eigenvalue weighted by molar-refractivity contribution is 7.85. The van der Waals surface area contributed by atoms with Crippen molar-refractivity contribution in [3.63, 3.8) is 0 Å². The normalized spacial score (nSPS) is 12.7. The Bertz CT molecular complexity index is 439. The largest absolute Gasteiger partial charge is 0.500 e. The summed E-state index contributed by atoms with van der Waals surface area (Å²) in [7, 11) is 0.252. The SMILES string of the molecule is CO/C(=C/N=[N+]=[N-])CS(=O)c1ccccc1. The van der Waals surface area contributed by atoms with Gasteiger partial charge in [-0.2, -0.15) is 0 Å². The molecule has 0 fully saturated rings. The van der Waals surface area contributed by atoms with Crippen LogP contribution in [0.4, 0.5) is 0 Å². The van der Waals surface area contributed by atoms with Gasteiger partial charge >= 0.3 is 0 Å². The van der Waals surface area contributed by atoms with Crippen LogP contribution < -0.4 is 0 Å². The summed E-state index contributed by atoms with van der Waals surface area (Å²) in [6.07, 6.45) is 1.22. The lowest BCUT2D eigenvalue weighted by atomic mass is 10.4. The Labute approximate surface area is 95.8 Å². The molecule has 84 valence electrons. The average Bonchev–Trinajstić information content (AvgIpc) is 2.35. The number of azide groups is 1. The number of hydrogen-bond donors (Lipinski definition) is 0. The molecule has 5 nitrogen and oxygen atoms in total. The molecule has 0 spiro atoms. The molecule has 0 aliphatic heterocycles. The van der Waals surface area contributed by atoms with E-state index in [1.54, 1.807) is 12.1 Å². The second-order valence-electron chi connectivity index (χ2n) is 2.81. The summed E-state index contributed by atoms with van der Waals surface area (Å²) in [6.45, 7) is 0. The molecule has 1 rings (SSSR count). The predicted octanol–water partition coefficient (Wildman–Crippen LogP) is 2.59. The standard InChI is InChI=1S/C10H11N3O2S/c1-15-9(7-12-13-11)8-16(14)10-5-3-2-4-6-10/h2-7H,8H2,1H3/b9-7+. The summed E-state index contributed by atoms with van der Waals surface area (Å²) in [5, 5.41) is 3.25. The summed E-state index contributed by atoms with van der Waals surface area (Å²) < 4.78 is 16.8. The minimum Gasteiger partial charge on any atom is -0.500 e. The molecule has 0 aromatic heterocycles. The van der Waals surface area contributed by atoms with E-state index in [0.717, 1.165) is 0 Å². The van der Waals surface area contributed by atoms with E-state index in [1.165, 1.54) is 13.3 Å². The van der Waals surface area contributed by atoms with Gasteiger partial charge in [0, 0.05) is 16.0 Å². The number of rotatable bonds is 5. The quantitative estimate of drug-likeness (QED) is 0.341. The predicted molar refractivity (Wildman–Crippen MR) is 62.0 cm³/mol. The number of hydrogen-bond acceptors (Lipinski definition) is 3. The number of nitrogens with zero attached hydrogens (tertiary/aromatic N) is 3. The molecule has 0 saturated carbocycles. The fourth-order valence-corrected chi connectivity index (χ4v) is 2.10. The Balaban J connectivity index is 2.74. The molecule has 0 radical (unpaired) electrons. The van der Waals surface area contributed by atoms with Crippen LogP contribution in [0.2, 0.25) is 0 Å². The summed E-state index contributed by atoms with van der Waals surface area (Å²) in [5.41, 5.74) is 8.14. The van der Waals surface area contributed by atoms with E-state index in [9.17, 15) is 4.21 Å². The van der Waals surface area contributed by atoms with E-state index in [-0.39, 0.29) is 5.75 Å². The first-order valence-electron chi connectivity index (χ1n) is 4.48.